The van der Waals surface area contributed by atoms with E-state index in [0.29, 0.717) is 0 Å². The lowest BCUT2D eigenvalue weighted by atomic mass is 10.4. The van der Waals surface area contributed by atoms with Crippen LogP contribution in [0.2, 0.25) is 0 Å². The van der Waals surface area contributed by atoms with Crippen LogP contribution in [0.15, 0.2) is 30.5 Å². The van der Waals surface area contributed by atoms with Gasteiger partial charge in [-0.05, 0) is 19.0 Å². The lowest BCUT2D eigenvalue weighted by Crippen LogP contribution is -2.25. The largest absolute Gasteiger partial charge is 0.356 e. The zero-order chi connectivity index (χ0) is 12.8. The van der Waals surface area contributed by atoms with E-state index in [2.05, 4.69) is 40.4 Å². The van der Waals surface area contributed by atoms with Crippen LogP contribution in [0.1, 0.15) is 13.3 Å². The van der Waals surface area contributed by atoms with Crippen LogP contribution < -0.4 is 16.0 Å². The summed E-state index contributed by atoms with van der Waals surface area (Å²) in [5.74, 6) is 0.0320. The van der Waals surface area contributed by atoms with Gasteiger partial charge in [-0.25, -0.2) is 0 Å². The molecule has 0 aromatic heterocycles. The lowest BCUT2D eigenvalue weighted by molar-refractivity contribution is -0.118. The highest BCUT2D eigenvalue weighted by molar-refractivity contribution is 5.72. The molecule has 0 spiro atoms. The van der Waals surface area contributed by atoms with Crippen molar-refractivity contribution in [1.82, 2.24) is 16.0 Å². The smallest absolute Gasteiger partial charge is 0.216 e. The van der Waals surface area contributed by atoms with Gasteiger partial charge in [0, 0.05) is 33.1 Å². The van der Waals surface area contributed by atoms with Crippen LogP contribution in [0.25, 0.3) is 0 Å². The molecule has 17 heavy (non-hydrogen) atoms. The van der Waals surface area contributed by atoms with Crippen LogP contribution >= 0.6 is 0 Å². The third kappa shape index (κ3) is 14.7. The summed E-state index contributed by atoms with van der Waals surface area (Å²) in [6, 6.07) is 0. The minimum absolute atomic E-state index is 0.0320. The Kier molecular flexibility index (Phi) is 11.7. The topological polar surface area (TPSA) is 53.2 Å². The third-order valence-corrected chi connectivity index (χ3v) is 1.99. The van der Waals surface area contributed by atoms with E-state index in [9.17, 15) is 4.79 Å². The van der Waals surface area contributed by atoms with E-state index in [1.807, 2.05) is 6.08 Å². The molecule has 0 aliphatic heterocycles. The Hall–Kier alpha value is -1.35. The summed E-state index contributed by atoms with van der Waals surface area (Å²) in [5, 5.41) is 9.21. The van der Waals surface area contributed by atoms with Crippen molar-refractivity contribution in [2.75, 3.05) is 32.7 Å². The Morgan fingerprint density at radius 2 is 1.88 bits per heavy atom. The average molecular weight is 237 g/mol. The minimum Gasteiger partial charge on any atom is -0.356 e. The lowest BCUT2D eigenvalue weighted by Gasteiger charge is -2.02. The maximum absolute atomic E-state index is 10.6. The molecule has 0 atom stereocenters. The number of hydrogen-bond donors (Lipinski definition) is 3. The van der Waals surface area contributed by atoms with Gasteiger partial charge in [0.05, 0.1) is 0 Å². The molecule has 0 aliphatic rings. The van der Waals surface area contributed by atoms with Crippen molar-refractivity contribution in [3.63, 3.8) is 0 Å². The molecule has 0 aromatic rings. The fourth-order valence-corrected chi connectivity index (χ4v) is 1.14. The molecular formula is C13H23N3O. The fraction of sp³-hybridized carbons (Fsp3) is 0.538. The Labute approximate surface area is 104 Å². The van der Waals surface area contributed by atoms with Gasteiger partial charge in [-0.3, -0.25) is 4.79 Å². The molecule has 0 heterocycles. The standard InChI is InChI=1S/C13H23N3O/c1-3-4-8-14-9-5-6-10-15-11-7-12-16-13(2)17/h4-6,14-15H,1,7-12H2,2H3,(H,16,17)/b6-5+. The van der Waals surface area contributed by atoms with Gasteiger partial charge in [0.1, 0.15) is 0 Å². The summed E-state index contributed by atoms with van der Waals surface area (Å²) < 4.78 is 0. The first kappa shape index (κ1) is 15.7. The Morgan fingerprint density at radius 1 is 1.18 bits per heavy atom. The third-order valence-electron chi connectivity index (χ3n) is 1.99. The molecule has 0 unspecified atom stereocenters. The van der Waals surface area contributed by atoms with Crippen molar-refractivity contribution in [2.45, 2.75) is 13.3 Å². The van der Waals surface area contributed by atoms with Crippen LogP contribution in [0.3, 0.4) is 0 Å². The van der Waals surface area contributed by atoms with E-state index in [-0.39, 0.29) is 5.91 Å². The van der Waals surface area contributed by atoms with E-state index in [0.717, 1.165) is 39.1 Å². The van der Waals surface area contributed by atoms with Gasteiger partial charge in [-0.15, -0.1) is 5.73 Å². The molecule has 0 aliphatic carbocycles. The normalized spacial score (nSPS) is 10.2. The van der Waals surface area contributed by atoms with E-state index in [1.165, 1.54) is 6.92 Å². The summed E-state index contributed by atoms with van der Waals surface area (Å²) in [7, 11) is 0. The number of nitrogens with one attached hydrogen (secondary N) is 3. The maximum atomic E-state index is 10.6. The molecule has 0 radical (unpaired) electrons. The van der Waals surface area contributed by atoms with Gasteiger partial charge in [0.2, 0.25) is 5.91 Å². The van der Waals surface area contributed by atoms with Crippen molar-refractivity contribution in [3.05, 3.63) is 30.5 Å². The van der Waals surface area contributed by atoms with Crippen LogP contribution in [-0.4, -0.2) is 38.6 Å². The molecule has 0 saturated heterocycles. The first-order valence-electron chi connectivity index (χ1n) is 5.92. The Bertz CT molecular complexity index is 268. The van der Waals surface area contributed by atoms with Crippen molar-refractivity contribution in [3.8, 4) is 0 Å². The molecule has 3 N–H and O–H groups in total. The second-order valence-corrected chi connectivity index (χ2v) is 3.58. The Balaban J connectivity index is 3.13. The van der Waals surface area contributed by atoms with Crippen molar-refractivity contribution in [2.24, 2.45) is 0 Å². The van der Waals surface area contributed by atoms with E-state index in [4.69, 9.17) is 0 Å². The predicted molar refractivity (Wildman–Crippen MR) is 71.9 cm³/mol. The molecule has 4 heteroatoms. The van der Waals surface area contributed by atoms with Gasteiger partial charge in [-0.2, -0.15) is 0 Å². The van der Waals surface area contributed by atoms with E-state index >= 15 is 0 Å². The van der Waals surface area contributed by atoms with Gasteiger partial charge in [0.15, 0.2) is 0 Å². The molecular weight excluding hydrogens is 214 g/mol. The monoisotopic (exact) mass is 237 g/mol. The van der Waals surface area contributed by atoms with Gasteiger partial charge in [0.25, 0.3) is 0 Å². The maximum Gasteiger partial charge on any atom is 0.216 e. The number of hydrogen-bond acceptors (Lipinski definition) is 3. The van der Waals surface area contributed by atoms with Gasteiger partial charge < -0.3 is 16.0 Å². The Morgan fingerprint density at radius 3 is 2.53 bits per heavy atom. The number of carbonyl (C=O) groups excluding carboxylic acids is 1. The summed E-state index contributed by atoms with van der Waals surface area (Å²) in [5.41, 5.74) is 2.70. The van der Waals surface area contributed by atoms with Crippen molar-refractivity contribution >= 4 is 5.91 Å². The fourth-order valence-electron chi connectivity index (χ4n) is 1.14. The molecule has 4 nitrogen and oxygen atoms in total. The number of rotatable bonds is 10. The minimum atomic E-state index is 0.0320. The molecule has 0 rings (SSSR count). The molecule has 0 bridgehead atoms. The first-order chi connectivity index (χ1) is 8.27. The average Bonchev–Trinajstić information content (AvgIpc) is 2.30. The van der Waals surface area contributed by atoms with Gasteiger partial charge >= 0.3 is 0 Å². The highest BCUT2D eigenvalue weighted by Crippen LogP contribution is 1.75. The zero-order valence-electron chi connectivity index (χ0n) is 10.6. The van der Waals surface area contributed by atoms with Crippen molar-refractivity contribution < 1.29 is 4.79 Å². The van der Waals surface area contributed by atoms with E-state index < -0.39 is 0 Å². The SMILES string of the molecule is C=C=CCNC/C=C/CNCCCNC(C)=O. The molecule has 1 amide bonds. The summed E-state index contributed by atoms with van der Waals surface area (Å²) >= 11 is 0. The highest BCUT2D eigenvalue weighted by Gasteiger charge is 1.89. The number of amides is 1. The number of carbonyl (C=O) groups is 1. The second-order valence-electron chi connectivity index (χ2n) is 3.58. The molecule has 96 valence electrons. The van der Waals surface area contributed by atoms with Crippen LogP contribution in [0, 0.1) is 0 Å². The summed E-state index contributed by atoms with van der Waals surface area (Å²) in [6.07, 6.45) is 6.98. The quantitative estimate of drug-likeness (QED) is 0.296. The van der Waals surface area contributed by atoms with Crippen LogP contribution in [0.5, 0.6) is 0 Å². The molecule has 0 saturated carbocycles. The summed E-state index contributed by atoms with van der Waals surface area (Å²) in [6.45, 7) is 9.18. The van der Waals surface area contributed by atoms with Gasteiger partial charge in [-0.1, -0.05) is 18.7 Å². The summed E-state index contributed by atoms with van der Waals surface area (Å²) in [4.78, 5) is 10.6. The second kappa shape index (κ2) is 12.7. The first-order valence-corrected chi connectivity index (χ1v) is 5.92. The molecule has 0 aromatic carbocycles. The van der Waals surface area contributed by atoms with E-state index in [1.54, 1.807) is 0 Å². The zero-order valence-corrected chi connectivity index (χ0v) is 10.6. The van der Waals surface area contributed by atoms with Crippen molar-refractivity contribution in [1.29, 1.82) is 0 Å². The predicted octanol–water partition coefficient (Wildman–Crippen LogP) is 0.589. The van der Waals surface area contributed by atoms with Crippen LogP contribution in [0.4, 0.5) is 0 Å². The highest BCUT2D eigenvalue weighted by atomic mass is 16.1. The van der Waals surface area contributed by atoms with Crippen LogP contribution in [-0.2, 0) is 4.79 Å². The molecule has 0 fully saturated rings.